The van der Waals surface area contributed by atoms with Crippen LogP contribution in [-0.4, -0.2) is 31.1 Å². The highest BCUT2D eigenvalue weighted by Crippen LogP contribution is 2.11. The van der Waals surface area contributed by atoms with Crippen LogP contribution in [0.3, 0.4) is 0 Å². The zero-order valence-corrected chi connectivity index (χ0v) is 16.8. The van der Waals surface area contributed by atoms with E-state index < -0.39 is 0 Å². The molecule has 2 rings (SSSR count). The van der Waals surface area contributed by atoms with Gasteiger partial charge in [-0.2, -0.15) is 0 Å². The van der Waals surface area contributed by atoms with E-state index in [-0.39, 0.29) is 24.0 Å². The van der Waals surface area contributed by atoms with Crippen molar-refractivity contribution in [3.05, 3.63) is 45.9 Å². The molecule has 0 aliphatic rings. The van der Waals surface area contributed by atoms with Gasteiger partial charge < -0.3 is 15.4 Å². The Morgan fingerprint density at radius 1 is 1.22 bits per heavy atom. The Balaban J connectivity index is 0.00000264. The molecule has 0 saturated carbocycles. The third-order valence-corrected chi connectivity index (χ3v) is 4.10. The molecule has 0 fully saturated rings. The number of benzene rings is 1. The summed E-state index contributed by atoms with van der Waals surface area (Å²) in [6.45, 7) is 6.08. The molecule has 0 aliphatic carbocycles. The molecule has 0 atom stereocenters. The summed E-state index contributed by atoms with van der Waals surface area (Å²) >= 11 is 1.65. The maximum atomic E-state index is 5.67. The van der Waals surface area contributed by atoms with E-state index in [1.54, 1.807) is 18.4 Å². The van der Waals surface area contributed by atoms with Gasteiger partial charge >= 0.3 is 0 Å². The van der Waals surface area contributed by atoms with Crippen molar-refractivity contribution in [1.29, 1.82) is 0 Å². The smallest absolute Gasteiger partial charge is 0.191 e. The van der Waals surface area contributed by atoms with Crippen LogP contribution in [0.15, 0.2) is 34.8 Å². The Hall–Kier alpha value is -1.35. The van der Waals surface area contributed by atoms with Gasteiger partial charge in [-0.05, 0) is 26.0 Å². The molecule has 0 spiro atoms. The molecular formula is C16H23IN4OS. The molecule has 1 aromatic heterocycles. The minimum absolute atomic E-state index is 0. The van der Waals surface area contributed by atoms with Gasteiger partial charge in [-0.25, -0.2) is 4.98 Å². The van der Waals surface area contributed by atoms with E-state index >= 15 is 0 Å². The van der Waals surface area contributed by atoms with Crippen LogP contribution in [0.2, 0.25) is 0 Å². The number of halogens is 1. The molecule has 2 aromatic rings. The van der Waals surface area contributed by atoms with Gasteiger partial charge in [0.25, 0.3) is 0 Å². The normalized spacial score (nSPS) is 10.8. The first-order chi connectivity index (χ1) is 10.7. The van der Waals surface area contributed by atoms with E-state index in [1.807, 2.05) is 36.7 Å². The first-order valence-corrected chi connectivity index (χ1v) is 8.10. The number of hydrogen-bond acceptors (Lipinski definition) is 4. The van der Waals surface area contributed by atoms with Crippen molar-refractivity contribution in [2.24, 2.45) is 4.99 Å². The Bertz CT molecular complexity index is 613. The highest BCUT2D eigenvalue weighted by atomic mass is 127. The molecular weight excluding hydrogens is 423 g/mol. The van der Waals surface area contributed by atoms with Gasteiger partial charge in [0.15, 0.2) is 5.96 Å². The van der Waals surface area contributed by atoms with Gasteiger partial charge in [0.05, 0.1) is 24.3 Å². The molecule has 0 amide bonds. The fourth-order valence-electron chi connectivity index (χ4n) is 1.85. The molecule has 23 heavy (non-hydrogen) atoms. The summed E-state index contributed by atoms with van der Waals surface area (Å²) in [6, 6.07) is 8.05. The molecule has 7 heteroatoms. The average molecular weight is 446 g/mol. The van der Waals surface area contributed by atoms with Crippen LogP contribution in [0.1, 0.15) is 16.1 Å². The van der Waals surface area contributed by atoms with Crippen LogP contribution in [0.25, 0.3) is 0 Å². The summed E-state index contributed by atoms with van der Waals surface area (Å²) in [5, 5.41) is 6.50. The standard InChI is InChI=1S/C16H22N4OS.HI/c1-12-4-6-14(7-5-12)21-9-8-18-16(17-3)19-10-15-13(2)20-11-22-15;/h4-7,11H,8-10H2,1-3H3,(H2,17,18,19);1H. The topological polar surface area (TPSA) is 58.5 Å². The number of rotatable bonds is 6. The molecule has 0 bridgehead atoms. The zero-order valence-electron chi connectivity index (χ0n) is 13.6. The number of nitrogens with zero attached hydrogens (tertiary/aromatic N) is 2. The lowest BCUT2D eigenvalue weighted by Gasteiger charge is -2.12. The number of hydrogen-bond donors (Lipinski definition) is 2. The molecule has 0 aliphatic heterocycles. The number of ether oxygens (including phenoxy) is 1. The molecule has 0 radical (unpaired) electrons. The number of thiazole rings is 1. The minimum Gasteiger partial charge on any atom is -0.492 e. The number of guanidine groups is 1. The second-order valence-corrected chi connectivity index (χ2v) is 5.81. The molecule has 0 unspecified atom stereocenters. The summed E-state index contributed by atoms with van der Waals surface area (Å²) in [6.07, 6.45) is 0. The third-order valence-electron chi connectivity index (χ3n) is 3.17. The Morgan fingerprint density at radius 2 is 1.96 bits per heavy atom. The highest BCUT2D eigenvalue weighted by Gasteiger charge is 2.03. The fourth-order valence-corrected chi connectivity index (χ4v) is 2.57. The summed E-state index contributed by atoms with van der Waals surface area (Å²) in [7, 11) is 1.76. The number of aliphatic imine (C=N–C) groups is 1. The average Bonchev–Trinajstić information content (AvgIpc) is 2.93. The monoisotopic (exact) mass is 446 g/mol. The van der Waals surface area contributed by atoms with Crippen molar-refractivity contribution >= 4 is 41.3 Å². The number of aryl methyl sites for hydroxylation is 2. The molecule has 5 nitrogen and oxygen atoms in total. The van der Waals surface area contributed by atoms with Crippen LogP contribution in [0, 0.1) is 13.8 Å². The van der Waals surface area contributed by atoms with Crippen molar-refractivity contribution < 1.29 is 4.74 Å². The lowest BCUT2D eigenvalue weighted by atomic mass is 10.2. The van der Waals surface area contributed by atoms with Crippen LogP contribution in [0.5, 0.6) is 5.75 Å². The second-order valence-electron chi connectivity index (χ2n) is 4.88. The number of nitrogens with one attached hydrogen (secondary N) is 2. The fraction of sp³-hybridized carbons (Fsp3) is 0.375. The third kappa shape index (κ3) is 6.74. The first-order valence-electron chi connectivity index (χ1n) is 7.22. The summed E-state index contributed by atoms with van der Waals surface area (Å²) in [5.41, 5.74) is 4.15. The van der Waals surface area contributed by atoms with E-state index in [0.29, 0.717) is 13.2 Å². The van der Waals surface area contributed by atoms with Crippen LogP contribution in [0.4, 0.5) is 0 Å². The predicted molar refractivity (Wildman–Crippen MR) is 107 cm³/mol. The van der Waals surface area contributed by atoms with E-state index in [2.05, 4.69) is 27.5 Å². The lowest BCUT2D eigenvalue weighted by Crippen LogP contribution is -2.38. The van der Waals surface area contributed by atoms with Gasteiger partial charge in [-0.15, -0.1) is 35.3 Å². The van der Waals surface area contributed by atoms with Crippen LogP contribution >= 0.6 is 35.3 Å². The van der Waals surface area contributed by atoms with Gasteiger partial charge in [0.1, 0.15) is 12.4 Å². The molecule has 0 saturated heterocycles. The lowest BCUT2D eigenvalue weighted by molar-refractivity contribution is 0.322. The minimum atomic E-state index is 0. The first kappa shape index (κ1) is 19.7. The van der Waals surface area contributed by atoms with E-state index in [1.165, 1.54) is 10.4 Å². The van der Waals surface area contributed by atoms with Crippen molar-refractivity contribution in [3.63, 3.8) is 0 Å². The highest BCUT2D eigenvalue weighted by molar-refractivity contribution is 14.0. The Labute approximate surface area is 158 Å². The second kappa shape index (κ2) is 10.4. The summed E-state index contributed by atoms with van der Waals surface area (Å²) in [5.74, 6) is 1.65. The van der Waals surface area contributed by atoms with Crippen molar-refractivity contribution in [2.75, 3.05) is 20.2 Å². The summed E-state index contributed by atoms with van der Waals surface area (Å²) in [4.78, 5) is 9.65. The molecule has 2 N–H and O–H groups in total. The maximum Gasteiger partial charge on any atom is 0.191 e. The van der Waals surface area contributed by atoms with Crippen molar-refractivity contribution in [2.45, 2.75) is 20.4 Å². The molecule has 126 valence electrons. The van der Waals surface area contributed by atoms with Gasteiger partial charge in [0, 0.05) is 11.9 Å². The molecule has 1 aromatic carbocycles. The SMILES string of the molecule is CN=C(NCCOc1ccc(C)cc1)NCc1scnc1C.I. The number of aromatic nitrogens is 1. The Morgan fingerprint density at radius 3 is 2.57 bits per heavy atom. The maximum absolute atomic E-state index is 5.67. The summed E-state index contributed by atoms with van der Waals surface area (Å²) < 4.78 is 5.67. The molecule has 1 heterocycles. The van der Waals surface area contributed by atoms with E-state index in [9.17, 15) is 0 Å². The Kier molecular flexibility index (Phi) is 8.93. The largest absolute Gasteiger partial charge is 0.492 e. The van der Waals surface area contributed by atoms with E-state index in [0.717, 1.165) is 23.9 Å². The van der Waals surface area contributed by atoms with Crippen molar-refractivity contribution in [1.82, 2.24) is 15.6 Å². The quantitative estimate of drug-likeness (QED) is 0.310. The van der Waals surface area contributed by atoms with Gasteiger partial charge in [-0.3, -0.25) is 4.99 Å². The van der Waals surface area contributed by atoms with Crippen LogP contribution < -0.4 is 15.4 Å². The van der Waals surface area contributed by atoms with E-state index in [4.69, 9.17) is 4.74 Å². The van der Waals surface area contributed by atoms with Crippen LogP contribution in [-0.2, 0) is 6.54 Å². The van der Waals surface area contributed by atoms with Gasteiger partial charge in [-0.1, -0.05) is 17.7 Å². The zero-order chi connectivity index (χ0) is 15.8. The van der Waals surface area contributed by atoms with Crippen molar-refractivity contribution in [3.8, 4) is 5.75 Å². The van der Waals surface area contributed by atoms with Gasteiger partial charge in [0.2, 0.25) is 0 Å². The predicted octanol–water partition coefficient (Wildman–Crippen LogP) is 3.12.